The van der Waals surface area contributed by atoms with Gasteiger partial charge in [-0.2, -0.15) is 21.5 Å². The molecule has 0 aliphatic carbocycles. The van der Waals surface area contributed by atoms with Crippen LogP contribution in [0, 0.1) is 96.8 Å². The van der Waals surface area contributed by atoms with Crippen LogP contribution in [0.2, 0.25) is 0 Å². The van der Waals surface area contributed by atoms with E-state index in [4.69, 9.17) is 5.11 Å². The molecule has 7 atom stereocenters. The van der Waals surface area contributed by atoms with Gasteiger partial charge in [-0.25, -0.2) is 75.8 Å². The maximum absolute atomic E-state index is 12.4. The number of hydrogen-bond donors (Lipinski definition) is 5. The zero-order chi connectivity index (χ0) is 112. The summed E-state index contributed by atoms with van der Waals surface area (Å²) in [5, 5.41) is 46.3. The van der Waals surface area contributed by atoms with Crippen molar-refractivity contribution in [2.45, 2.75) is 290 Å². The molecule has 0 amide bonds. The molecule has 5 heterocycles. The maximum atomic E-state index is 12.4. The Labute approximate surface area is 900 Å². The van der Waals surface area contributed by atoms with Crippen LogP contribution in [0.25, 0.3) is 0 Å². The van der Waals surface area contributed by atoms with Crippen LogP contribution in [0.3, 0.4) is 0 Å². The van der Waals surface area contributed by atoms with Gasteiger partial charge < -0.3 is 25.5 Å². The van der Waals surface area contributed by atoms with E-state index in [9.17, 15) is 96.2 Å². The molecular formula is C113H167N5O23S9. The highest BCUT2D eigenvalue weighted by Gasteiger charge is 2.39. The molecule has 5 N–H and O–H groups in total. The largest absolute Gasteiger partial charge is 0.396 e. The van der Waals surface area contributed by atoms with Crippen LogP contribution in [0.4, 0.5) is 0 Å². The number of sulfone groups is 4. The van der Waals surface area contributed by atoms with Gasteiger partial charge in [-0.1, -0.05) is 235 Å². The van der Waals surface area contributed by atoms with Crippen molar-refractivity contribution in [1.82, 2.24) is 21.5 Å². The first-order valence-electron chi connectivity index (χ1n) is 51.9. The Morgan fingerprint density at radius 1 is 0.300 bits per heavy atom. The van der Waals surface area contributed by atoms with Crippen molar-refractivity contribution >= 4 is 89.5 Å². The third-order valence-corrected chi connectivity index (χ3v) is 45.3. The first-order chi connectivity index (χ1) is 70.3. The lowest BCUT2D eigenvalue weighted by atomic mass is 9.90. The molecule has 0 aromatic heterocycles. The molecule has 150 heavy (non-hydrogen) atoms. The molecule has 0 spiro atoms. The molecule has 5 unspecified atom stereocenters. The Kier molecular flexibility index (Phi) is 52.2. The first-order valence-corrected chi connectivity index (χ1v) is 65.7. The number of aryl methyl sites for hydroxylation is 9. The summed E-state index contributed by atoms with van der Waals surface area (Å²) >= 11 is 0. The highest BCUT2D eigenvalue weighted by atomic mass is 32.2. The van der Waals surface area contributed by atoms with Crippen molar-refractivity contribution in [2.75, 3.05) is 102 Å². The summed E-state index contributed by atoms with van der Waals surface area (Å²) in [6.07, 6.45) is 11.6. The summed E-state index contributed by atoms with van der Waals surface area (Å²) in [5.41, 5.74) is 7.95. The normalized spacial score (nSPS) is 18.2. The second kappa shape index (κ2) is 59.9. The predicted molar refractivity (Wildman–Crippen MR) is 600 cm³/mol. The monoisotopic (exact) mass is 2250 g/mol. The van der Waals surface area contributed by atoms with Gasteiger partial charge in [-0.05, 0) is 285 Å². The number of aliphatic hydroxyl groups is 5. The van der Waals surface area contributed by atoms with Crippen LogP contribution in [0.5, 0.6) is 0 Å². The van der Waals surface area contributed by atoms with E-state index in [1.54, 1.807) is 193 Å². The standard InChI is InChI=1S/3C13H19NO2S.C13H20O4S.C13H20O3S.2C12H17NO2S.2C12H18O3S/c1-11-3-5-13(6-4-11)17(15,16)14-9-7-12(2)8-10-14;2*1-3-12-5-4-10-14(12)17(15,16)13-8-6-11(2)7-9-13;1-3-13(8-14,9-15)10-18(16,17)12-6-4-11(2)5-7-12;1-4-13(3,9-14)10-17(15,16)12-7-5-11(2)6-8-12;2*1-10-3-5-12(6-4-10)16(14,15)13-8-7-11(2)9-13;1-3-11(8-13)9-16(14,15)12-6-4-10(2)5-7-12;1-3-11(13)8-9-16(14,15)12-6-4-10(2)5-7-12/h3-6,12H,7-10H2,1-2H3;2*6-9,12H,3-5,10H2,1-2H3;4-7,14-15H,3,8-10H2,1-2H3;5-8,14H,4,9-10H2,1-3H3;2*3-6,11H,7-9H2,1-2H3;2*4-7,11,13H,3,8-9H2,1-2H3/t;12-;;;;11-;;;/m.1...1.../s1. The lowest BCUT2D eigenvalue weighted by Crippen LogP contribution is -2.37. The molecule has 5 aliphatic rings. The number of rotatable bonds is 33. The van der Waals surface area contributed by atoms with Gasteiger partial charge >= 0.3 is 0 Å². The van der Waals surface area contributed by atoms with Crippen LogP contribution < -0.4 is 0 Å². The van der Waals surface area contributed by atoms with Gasteiger partial charge in [0.15, 0.2) is 39.3 Å². The van der Waals surface area contributed by atoms with E-state index in [0.29, 0.717) is 141 Å². The highest BCUT2D eigenvalue weighted by molar-refractivity contribution is 7.93. The molecule has 5 saturated heterocycles. The molecule has 28 nitrogen and oxygen atoms in total. The van der Waals surface area contributed by atoms with Crippen molar-refractivity contribution in [2.24, 2.45) is 34.5 Å². The van der Waals surface area contributed by atoms with Crippen molar-refractivity contribution in [3.63, 3.8) is 0 Å². The summed E-state index contributed by atoms with van der Waals surface area (Å²) < 4.78 is 228. The molecule has 836 valence electrons. The second-order valence-corrected chi connectivity index (χ2v) is 58.7. The number of sulfonamides is 5. The Morgan fingerprint density at radius 2 is 0.560 bits per heavy atom. The van der Waals surface area contributed by atoms with Crippen molar-refractivity contribution in [1.29, 1.82) is 0 Å². The van der Waals surface area contributed by atoms with Crippen molar-refractivity contribution in [3.8, 4) is 0 Å². The first kappa shape index (κ1) is 131. The van der Waals surface area contributed by atoms with E-state index in [2.05, 4.69) is 20.8 Å². The topological polar surface area (TPSA) is 425 Å². The summed E-state index contributed by atoms with van der Waals surface area (Å²) in [5.74, 6) is 1.17. The van der Waals surface area contributed by atoms with Gasteiger partial charge in [0, 0.05) is 88.5 Å². The smallest absolute Gasteiger partial charge is 0.243 e. The third-order valence-electron chi connectivity index (χ3n) is 28.0. The average Bonchev–Trinajstić information content (AvgIpc) is 1.64. The summed E-state index contributed by atoms with van der Waals surface area (Å²) in [4.78, 5) is 3.31. The number of hydrogen-bond acceptors (Lipinski definition) is 23. The molecule has 5 fully saturated rings. The molecule has 9 aromatic carbocycles. The Balaban J connectivity index is 0.000000257. The maximum Gasteiger partial charge on any atom is 0.243 e. The van der Waals surface area contributed by atoms with E-state index in [1.165, 1.54) is 0 Å². The summed E-state index contributed by atoms with van der Waals surface area (Å²) in [6.45, 7) is 41.4. The highest BCUT2D eigenvalue weighted by Crippen LogP contribution is 2.35. The molecule has 0 saturated carbocycles. The van der Waals surface area contributed by atoms with E-state index in [-0.39, 0.29) is 72.3 Å². The fraction of sp³-hybridized carbons (Fsp3) is 0.522. The van der Waals surface area contributed by atoms with Gasteiger partial charge in [0.2, 0.25) is 50.1 Å². The minimum Gasteiger partial charge on any atom is -0.396 e. The van der Waals surface area contributed by atoms with E-state index >= 15 is 0 Å². The minimum absolute atomic E-state index is 0.00503. The molecule has 9 aromatic rings. The van der Waals surface area contributed by atoms with Crippen LogP contribution in [0.15, 0.2) is 262 Å². The quantitative estimate of drug-likeness (QED) is 0.0255. The molecule has 0 radical (unpaired) electrons. The van der Waals surface area contributed by atoms with Gasteiger partial charge in [-0.15, -0.1) is 0 Å². The van der Waals surface area contributed by atoms with Crippen LogP contribution >= 0.6 is 0 Å². The van der Waals surface area contributed by atoms with E-state index < -0.39 is 106 Å². The van der Waals surface area contributed by atoms with Crippen molar-refractivity contribution in [3.05, 3.63) is 268 Å². The summed E-state index contributed by atoms with van der Waals surface area (Å²) in [7, 11) is -29.7. The van der Waals surface area contributed by atoms with Gasteiger partial charge in [0.25, 0.3) is 0 Å². The zero-order valence-corrected chi connectivity index (χ0v) is 98.6. The fourth-order valence-electron chi connectivity index (χ4n) is 16.8. The molecule has 14 rings (SSSR count). The lowest BCUT2D eigenvalue weighted by Gasteiger charge is -2.29. The number of nitrogens with zero attached hydrogens (tertiary/aromatic N) is 5. The number of piperidine rings is 1. The number of benzene rings is 9. The van der Waals surface area contributed by atoms with Crippen LogP contribution in [0.1, 0.15) is 216 Å². The minimum atomic E-state index is -3.49. The van der Waals surface area contributed by atoms with Gasteiger partial charge in [0.05, 0.1) is 86.4 Å². The fourth-order valence-corrected chi connectivity index (χ4v) is 31.9. The third kappa shape index (κ3) is 39.5. The van der Waals surface area contributed by atoms with Gasteiger partial charge in [0.1, 0.15) is 0 Å². The average molecular weight is 2250 g/mol. The van der Waals surface area contributed by atoms with Gasteiger partial charge in [-0.3, -0.25) is 0 Å². The molecular weight excluding hydrogens is 2080 g/mol. The predicted octanol–water partition coefficient (Wildman–Crippen LogP) is 18.6. The molecule has 37 heteroatoms. The lowest BCUT2D eigenvalue weighted by molar-refractivity contribution is 0.0695. The molecule has 0 bridgehead atoms. The Bertz CT molecular complexity index is 6530. The van der Waals surface area contributed by atoms with E-state index in [1.807, 2.05) is 158 Å². The van der Waals surface area contributed by atoms with E-state index in [0.717, 1.165) is 114 Å². The zero-order valence-electron chi connectivity index (χ0n) is 91.2. The second-order valence-electron chi connectivity index (χ2n) is 41.0. The summed E-state index contributed by atoms with van der Waals surface area (Å²) in [6, 6.07) is 62.8. The Hall–Kier alpha value is -7.87. The SMILES string of the molecule is CCC(C)(CO)CS(=O)(=O)c1ccc(C)cc1.CCC(CO)(CO)CS(=O)(=O)c1ccc(C)cc1.CCC(CO)CS(=O)(=O)c1ccc(C)cc1.CCC(O)CCS(=O)(=O)c1ccc(C)cc1.CCC1CCCN1S(=O)(=O)c1ccc(C)cc1.CC[C@@H]1CCCN1S(=O)(=O)c1ccc(C)cc1.Cc1ccc(S(=O)(=O)N2CCC(C)C2)cc1.Cc1ccc(S(=O)(=O)N2CCC(C)CC2)cc1.Cc1ccc(S(=O)(=O)N2CC[C@@H](C)C2)cc1. The van der Waals surface area contributed by atoms with Crippen LogP contribution in [-0.2, 0) is 89.5 Å². The molecule has 5 aliphatic heterocycles. The van der Waals surface area contributed by atoms with Crippen LogP contribution in [-0.4, -0.2) is 243 Å². The Morgan fingerprint density at radius 3 is 0.807 bits per heavy atom. The number of aliphatic hydroxyl groups excluding tert-OH is 5. The van der Waals surface area contributed by atoms with Crippen molar-refractivity contribution < 1.29 is 101 Å².